The summed E-state index contributed by atoms with van der Waals surface area (Å²) in [5.41, 5.74) is 2.65. The largest absolute Gasteiger partial charge is 0.493 e. The lowest BCUT2D eigenvalue weighted by atomic mass is 9.96. The minimum absolute atomic E-state index is 0.190. The first kappa shape index (κ1) is 31.3. The molecule has 2 heterocycles. The molecule has 5 rings (SSSR count). The fraction of sp³-hybridized carbons (Fsp3) is 0.194. The van der Waals surface area contributed by atoms with E-state index < -0.39 is 12.0 Å². The Labute approximate surface area is 274 Å². The van der Waals surface area contributed by atoms with Gasteiger partial charge >= 0.3 is 5.97 Å². The van der Waals surface area contributed by atoms with Gasteiger partial charge in [0.05, 0.1) is 40.0 Å². The van der Waals surface area contributed by atoms with Gasteiger partial charge in [-0.05, 0) is 83.4 Å². The number of ether oxygens (including phenoxy) is 3. The second-order valence-corrected chi connectivity index (χ2v) is 12.6. The van der Waals surface area contributed by atoms with Crippen molar-refractivity contribution >= 4 is 74.1 Å². The van der Waals surface area contributed by atoms with Crippen molar-refractivity contribution in [1.82, 2.24) is 4.57 Å². The highest BCUT2D eigenvalue weighted by Gasteiger charge is 2.33. The Morgan fingerprint density at radius 3 is 2.49 bits per heavy atom. The Hall–Kier alpha value is -3.08. The van der Waals surface area contributed by atoms with E-state index in [0.717, 1.165) is 5.56 Å². The van der Waals surface area contributed by atoms with Gasteiger partial charge in [0.25, 0.3) is 5.56 Å². The van der Waals surface area contributed by atoms with E-state index in [9.17, 15) is 9.59 Å². The zero-order chi connectivity index (χ0) is 30.8. The van der Waals surface area contributed by atoms with Gasteiger partial charge in [0.2, 0.25) is 0 Å². The van der Waals surface area contributed by atoms with Crippen LogP contribution in [0.1, 0.15) is 36.6 Å². The summed E-state index contributed by atoms with van der Waals surface area (Å²) in [5, 5.41) is 1.57. The molecule has 0 bridgehead atoms. The van der Waals surface area contributed by atoms with Gasteiger partial charge in [0.1, 0.15) is 6.61 Å². The maximum atomic E-state index is 13.9. The summed E-state index contributed by atoms with van der Waals surface area (Å²) in [6.07, 6.45) is 1.75. The Morgan fingerprint density at radius 1 is 1.09 bits per heavy atom. The first-order valence-electron chi connectivity index (χ1n) is 13.0. The molecule has 3 aromatic carbocycles. The van der Waals surface area contributed by atoms with E-state index in [4.69, 9.17) is 49.0 Å². The van der Waals surface area contributed by atoms with Gasteiger partial charge in [-0.1, -0.05) is 64.3 Å². The molecule has 0 unspecified atom stereocenters. The lowest BCUT2D eigenvalue weighted by Crippen LogP contribution is -2.39. The third kappa shape index (κ3) is 6.56. The highest BCUT2D eigenvalue weighted by atomic mass is 79.9. The Bertz CT molecular complexity index is 1940. The predicted molar refractivity (Wildman–Crippen MR) is 173 cm³/mol. The van der Waals surface area contributed by atoms with E-state index in [1.165, 1.54) is 23.0 Å². The molecule has 0 radical (unpaired) electrons. The van der Waals surface area contributed by atoms with Crippen LogP contribution < -0.4 is 24.4 Å². The van der Waals surface area contributed by atoms with Crippen molar-refractivity contribution in [3.05, 3.63) is 122 Å². The Morgan fingerprint density at radius 2 is 1.81 bits per heavy atom. The summed E-state index contributed by atoms with van der Waals surface area (Å²) < 4.78 is 19.6. The molecule has 43 heavy (non-hydrogen) atoms. The standard InChI is InChI=1S/C31H24BrCl3N2O5S/c1-4-41-30(39)26-16(2)36-31-37(27(26)18-5-8-20(33)9-6-18)29(38)25(43-31)13-17-11-22(32)28(24(12-17)40-3)42-15-19-7-10-21(34)14-23(19)35/h5-14,27H,4,15H2,1-3H3/b25-13-/t27-/m1/s1. The van der Waals surface area contributed by atoms with E-state index in [-0.39, 0.29) is 18.8 Å². The lowest BCUT2D eigenvalue weighted by molar-refractivity contribution is -0.139. The molecule has 0 spiro atoms. The smallest absolute Gasteiger partial charge is 0.338 e. The quantitative estimate of drug-likeness (QED) is 0.181. The molecular formula is C31H24BrCl3N2O5S. The lowest BCUT2D eigenvalue weighted by Gasteiger charge is -2.24. The zero-order valence-corrected chi connectivity index (χ0v) is 27.8. The average Bonchev–Trinajstić information content (AvgIpc) is 3.26. The number of esters is 1. The highest BCUT2D eigenvalue weighted by molar-refractivity contribution is 9.10. The van der Waals surface area contributed by atoms with Crippen molar-refractivity contribution < 1.29 is 19.0 Å². The number of fused-ring (bicyclic) bond motifs is 1. The molecule has 0 fully saturated rings. The van der Waals surface area contributed by atoms with Crippen molar-refractivity contribution in [3.63, 3.8) is 0 Å². The molecule has 0 saturated carbocycles. The van der Waals surface area contributed by atoms with Gasteiger partial charge in [-0.2, -0.15) is 0 Å². The molecule has 7 nitrogen and oxygen atoms in total. The summed E-state index contributed by atoms with van der Waals surface area (Å²) in [5.74, 6) is 0.407. The number of aromatic nitrogens is 1. The third-order valence-electron chi connectivity index (χ3n) is 6.64. The topological polar surface area (TPSA) is 79.1 Å². The molecule has 12 heteroatoms. The normalized spacial score (nSPS) is 14.8. The van der Waals surface area contributed by atoms with Crippen LogP contribution in [0.15, 0.2) is 80.1 Å². The van der Waals surface area contributed by atoms with Crippen LogP contribution in [-0.4, -0.2) is 24.3 Å². The third-order valence-corrected chi connectivity index (χ3v) is 9.05. The van der Waals surface area contributed by atoms with Crippen LogP contribution in [0, 0.1) is 0 Å². The van der Waals surface area contributed by atoms with Gasteiger partial charge < -0.3 is 14.2 Å². The number of halogens is 4. The Balaban J connectivity index is 1.56. The summed E-state index contributed by atoms with van der Waals surface area (Å²) in [4.78, 5) is 32.1. The van der Waals surface area contributed by atoms with Gasteiger partial charge in [-0.25, -0.2) is 9.79 Å². The Kier molecular flexibility index (Phi) is 9.68. The van der Waals surface area contributed by atoms with Crippen molar-refractivity contribution in [2.75, 3.05) is 13.7 Å². The van der Waals surface area contributed by atoms with Crippen LogP contribution in [0.5, 0.6) is 11.5 Å². The average molecular weight is 723 g/mol. The molecule has 1 aliphatic heterocycles. The molecule has 0 aliphatic carbocycles. The zero-order valence-electron chi connectivity index (χ0n) is 23.1. The van der Waals surface area contributed by atoms with Gasteiger partial charge in [-0.3, -0.25) is 9.36 Å². The summed E-state index contributed by atoms with van der Waals surface area (Å²) in [6, 6.07) is 15.1. The number of rotatable bonds is 8. The molecule has 1 aromatic heterocycles. The van der Waals surface area contributed by atoms with Gasteiger partial charge in [0, 0.05) is 20.6 Å². The molecule has 0 saturated heterocycles. The first-order chi connectivity index (χ1) is 20.6. The van der Waals surface area contributed by atoms with Crippen LogP contribution in [-0.2, 0) is 16.1 Å². The highest BCUT2D eigenvalue weighted by Crippen LogP contribution is 2.38. The fourth-order valence-electron chi connectivity index (χ4n) is 4.66. The van der Waals surface area contributed by atoms with Crippen molar-refractivity contribution in [2.24, 2.45) is 4.99 Å². The summed E-state index contributed by atoms with van der Waals surface area (Å²) >= 11 is 23.3. The number of benzene rings is 3. The summed E-state index contributed by atoms with van der Waals surface area (Å²) in [6.45, 7) is 3.85. The number of thiazole rings is 1. The van der Waals surface area contributed by atoms with Crippen molar-refractivity contribution in [3.8, 4) is 11.5 Å². The van der Waals surface area contributed by atoms with E-state index in [1.54, 1.807) is 68.5 Å². The number of hydrogen-bond acceptors (Lipinski definition) is 7. The van der Waals surface area contributed by atoms with Crippen LogP contribution in [0.4, 0.5) is 0 Å². The number of allylic oxidation sites excluding steroid dienone is 1. The maximum Gasteiger partial charge on any atom is 0.338 e. The second-order valence-electron chi connectivity index (χ2n) is 9.41. The van der Waals surface area contributed by atoms with Crippen LogP contribution >= 0.6 is 62.1 Å². The van der Waals surface area contributed by atoms with Crippen LogP contribution in [0.2, 0.25) is 15.1 Å². The van der Waals surface area contributed by atoms with E-state index in [2.05, 4.69) is 20.9 Å². The van der Waals surface area contributed by atoms with Crippen molar-refractivity contribution in [2.45, 2.75) is 26.5 Å². The van der Waals surface area contributed by atoms with Crippen LogP contribution in [0.25, 0.3) is 6.08 Å². The van der Waals surface area contributed by atoms with Gasteiger partial charge in [-0.15, -0.1) is 0 Å². The number of carbonyl (C=O) groups excluding carboxylic acids is 1. The van der Waals surface area contributed by atoms with Crippen molar-refractivity contribution in [1.29, 1.82) is 0 Å². The SMILES string of the molecule is CCOC(=O)C1=C(C)N=c2s/c(=C\c3cc(Br)c(OCc4ccc(Cl)cc4Cl)c(OC)c3)c(=O)n2[C@@H]1c1ccc(Cl)cc1. The fourth-order valence-corrected chi connectivity index (χ4v) is 6.87. The number of methoxy groups -OCH3 is 1. The minimum atomic E-state index is -0.730. The van der Waals surface area contributed by atoms with Gasteiger partial charge in [0.15, 0.2) is 16.3 Å². The number of nitrogens with zero attached hydrogens (tertiary/aromatic N) is 2. The molecule has 0 amide bonds. The number of hydrogen-bond donors (Lipinski definition) is 0. The van der Waals surface area contributed by atoms with E-state index >= 15 is 0 Å². The molecule has 1 atom stereocenters. The minimum Gasteiger partial charge on any atom is -0.493 e. The second kappa shape index (κ2) is 13.3. The predicted octanol–water partition coefficient (Wildman–Crippen LogP) is 7.11. The molecule has 1 aliphatic rings. The van der Waals surface area contributed by atoms with Crippen LogP contribution in [0.3, 0.4) is 0 Å². The molecule has 0 N–H and O–H groups in total. The molecule has 4 aromatic rings. The number of carbonyl (C=O) groups is 1. The first-order valence-corrected chi connectivity index (χ1v) is 15.7. The molecule has 222 valence electrons. The van der Waals surface area contributed by atoms with E-state index in [1.807, 2.05) is 6.07 Å². The maximum absolute atomic E-state index is 13.9. The summed E-state index contributed by atoms with van der Waals surface area (Å²) in [7, 11) is 1.54. The molecular weight excluding hydrogens is 699 g/mol. The monoisotopic (exact) mass is 720 g/mol. The van der Waals surface area contributed by atoms with E-state index in [0.29, 0.717) is 62.8 Å².